The van der Waals surface area contributed by atoms with Gasteiger partial charge in [0.15, 0.2) is 0 Å². The van der Waals surface area contributed by atoms with Gasteiger partial charge >= 0.3 is 0 Å². The predicted octanol–water partition coefficient (Wildman–Crippen LogP) is 3.36. The third kappa shape index (κ3) is 3.77. The fourth-order valence-corrected chi connectivity index (χ4v) is 4.29. The molecule has 0 aromatic carbocycles. The van der Waals surface area contributed by atoms with Gasteiger partial charge in [0.05, 0.1) is 30.3 Å². The van der Waals surface area contributed by atoms with Gasteiger partial charge in [0, 0.05) is 43.0 Å². The van der Waals surface area contributed by atoms with E-state index in [9.17, 15) is 4.79 Å². The number of carbonyl (C=O) groups excluding carboxylic acids is 1. The summed E-state index contributed by atoms with van der Waals surface area (Å²) in [6.07, 6.45) is 6.79. The van der Waals surface area contributed by atoms with Crippen LogP contribution in [0.25, 0.3) is 10.9 Å². The van der Waals surface area contributed by atoms with E-state index in [1.807, 2.05) is 12.3 Å². The summed E-state index contributed by atoms with van der Waals surface area (Å²) in [5.74, 6) is 0.0107. The van der Waals surface area contributed by atoms with Crippen molar-refractivity contribution in [3.05, 3.63) is 28.6 Å². The van der Waals surface area contributed by atoms with Gasteiger partial charge in [0.1, 0.15) is 4.60 Å². The van der Waals surface area contributed by atoms with Crippen molar-refractivity contribution < 1.29 is 9.53 Å². The van der Waals surface area contributed by atoms with E-state index in [0.29, 0.717) is 12.1 Å². The summed E-state index contributed by atoms with van der Waals surface area (Å²) in [5.41, 5.74) is 1.77. The lowest BCUT2D eigenvalue weighted by Gasteiger charge is -2.41. The van der Waals surface area contributed by atoms with Gasteiger partial charge < -0.3 is 14.6 Å². The molecule has 2 saturated heterocycles. The third-order valence-electron chi connectivity index (χ3n) is 6.00. The number of pyridine rings is 1. The minimum Gasteiger partial charge on any atom is -0.378 e. The topological polar surface area (TPSA) is 59.4 Å². The minimum atomic E-state index is 0.0107. The molecule has 146 valence electrons. The SMILES string of the molecule is CCC(C)n1cc(C(=O)NC2CCN(C3COC3)CC2)c2cnc(Br)cc21. The monoisotopic (exact) mass is 434 g/mol. The summed E-state index contributed by atoms with van der Waals surface area (Å²) in [5, 5.41) is 4.17. The largest absolute Gasteiger partial charge is 0.378 e. The number of piperidine rings is 1. The summed E-state index contributed by atoms with van der Waals surface area (Å²) in [6.45, 7) is 8.11. The van der Waals surface area contributed by atoms with Crippen molar-refractivity contribution in [1.82, 2.24) is 19.8 Å². The van der Waals surface area contributed by atoms with Crippen LogP contribution in [0.2, 0.25) is 0 Å². The average molecular weight is 435 g/mol. The Bertz CT molecular complexity index is 825. The van der Waals surface area contributed by atoms with Gasteiger partial charge in [-0.15, -0.1) is 0 Å². The van der Waals surface area contributed by atoms with Crippen molar-refractivity contribution in [2.24, 2.45) is 0 Å². The van der Waals surface area contributed by atoms with Gasteiger partial charge in [0.2, 0.25) is 0 Å². The number of likely N-dealkylation sites (tertiary alicyclic amines) is 1. The van der Waals surface area contributed by atoms with E-state index in [4.69, 9.17) is 4.74 Å². The molecular formula is C20H27BrN4O2. The fourth-order valence-electron chi connectivity index (χ4n) is 3.97. The number of hydrogen-bond acceptors (Lipinski definition) is 4. The second kappa shape index (κ2) is 7.89. The summed E-state index contributed by atoms with van der Waals surface area (Å²) < 4.78 is 8.27. The summed E-state index contributed by atoms with van der Waals surface area (Å²) in [6, 6.07) is 3.15. The Morgan fingerprint density at radius 2 is 2.15 bits per heavy atom. The number of hydrogen-bond donors (Lipinski definition) is 1. The van der Waals surface area contributed by atoms with Gasteiger partial charge in [-0.1, -0.05) is 6.92 Å². The van der Waals surface area contributed by atoms with Crippen LogP contribution in [-0.4, -0.2) is 58.7 Å². The standard InChI is InChI=1S/C20H27BrN4O2/c1-3-13(2)25-10-17(16-9-22-19(21)8-18(16)25)20(26)23-14-4-6-24(7-5-14)15-11-27-12-15/h8-10,13-15H,3-7,11-12H2,1-2H3,(H,23,26). The summed E-state index contributed by atoms with van der Waals surface area (Å²) >= 11 is 3.45. The second-order valence-corrected chi connectivity index (χ2v) is 8.52. The Labute approximate surface area is 168 Å². The normalized spacial score (nSPS) is 20.6. The van der Waals surface area contributed by atoms with Crippen LogP contribution in [0.5, 0.6) is 0 Å². The first-order valence-corrected chi connectivity index (χ1v) is 10.6. The van der Waals surface area contributed by atoms with Crippen LogP contribution in [0.4, 0.5) is 0 Å². The Morgan fingerprint density at radius 3 is 2.78 bits per heavy atom. The molecule has 2 aliphatic heterocycles. The maximum absolute atomic E-state index is 13.0. The highest BCUT2D eigenvalue weighted by atomic mass is 79.9. The van der Waals surface area contributed by atoms with Gasteiger partial charge in [-0.3, -0.25) is 9.69 Å². The lowest BCUT2D eigenvalue weighted by atomic mass is 10.0. The van der Waals surface area contributed by atoms with E-state index < -0.39 is 0 Å². The molecule has 27 heavy (non-hydrogen) atoms. The first-order valence-electron chi connectivity index (χ1n) is 9.85. The number of ether oxygens (including phenoxy) is 1. The third-order valence-corrected chi connectivity index (χ3v) is 6.43. The zero-order chi connectivity index (χ0) is 19.0. The smallest absolute Gasteiger partial charge is 0.253 e. The second-order valence-electron chi connectivity index (χ2n) is 7.71. The molecule has 0 saturated carbocycles. The maximum atomic E-state index is 13.0. The molecule has 1 N–H and O–H groups in total. The van der Waals surface area contributed by atoms with Crippen LogP contribution in [0.1, 0.15) is 49.5 Å². The highest BCUT2D eigenvalue weighted by Crippen LogP contribution is 2.28. The molecule has 0 bridgehead atoms. The lowest BCUT2D eigenvalue weighted by molar-refractivity contribution is -0.0716. The van der Waals surface area contributed by atoms with Crippen LogP contribution >= 0.6 is 15.9 Å². The van der Waals surface area contributed by atoms with E-state index >= 15 is 0 Å². The van der Waals surface area contributed by atoms with Crippen LogP contribution in [0.3, 0.4) is 0 Å². The lowest BCUT2D eigenvalue weighted by Crippen LogP contribution is -2.54. The predicted molar refractivity (Wildman–Crippen MR) is 109 cm³/mol. The van der Waals surface area contributed by atoms with Gasteiger partial charge in [0.25, 0.3) is 5.91 Å². The number of fused-ring (bicyclic) bond motifs is 1. The Kier molecular flexibility index (Phi) is 5.53. The Hall–Kier alpha value is -1.44. The molecule has 6 nitrogen and oxygen atoms in total. The van der Waals surface area contributed by atoms with Gasteiger partial charge in [-0.25, -0.2) is 4.98 Å². The quantitative estimate of drug-likeness (QED) is 0.732. The van der Waals surface area contributed by atoms with Crippen molar-refractivity contribution in [3.63, 3.8) is 0 Å². The van der Waals surface area contributed by atoms with Gasteiger partial charge in [-0.05, 0) is 48.2 Å². The van der Waals surface area contributed by atoms with E-state index in [1.54, 1.807) is 6.20 Å². The summed E-state index contributed by atoms with van der Waals surface area (Å²) in [4.78, 5) is 19.9. The first-order chi connectivity index (χ1) is 13.1. The molecule has 1 unspecified atom stereocenters. The van der Waals surface area contributed by atoms with Crippen LogP contribution in [-0.2, 0) is 4.74 Å². The minimum absolute atomic E-state index is 0.0107. The number of nitrogens with one attached hydrogen (secondary N) is 1. The molecule has 7 heteroatoms. The molecule has 4 rings (SSSR count). The van der Waals surface area contributed by atoms with Crippen molar-refractivity contribution in [1.29, 1.82) is 0 Å². The molecular weight excluding hydrogens is 408 g/mol. The number of aromatic nitrogens is 2. The van der Waals surface area contributed by atoms with Crippen molar-refractivity contribution in [2.45, 2.75) is 51.2 Å². The number of rotatable bonds is 5. The van der Waals surface area contributed by atoms with Crippen molar-refractivity contribution in [2.75, 3.05) is 26.3 Å². The zero-order valence-electron chi connectivity index (χ0n) is 15.9. The molecule has 1 atom stereocenters. The van der Waals surface area contributed by atoms with E-state index in [2.05, 4.69) is 49.5 Å². The zero-order valence-corrected chi connectivity index (χ0v) is 17.5. The van der Waals surface area contributed by atoms with Crippen LogP contribution < -0.4 is 5.32 Å². The first kappa shape index (κ1) is 18.9. The molecule has 2 fully saturated rings. The van der Waals surface area contributed by atoms with E-state index in [1.165, 1.54) is 0 Å². The van der Waals surface area contributed by atoms with Crippen LogP contribution in [0, 0.1) is 0 Å². The number of nitrogens with zero attached hydrogens (tertiary/aromatic N) is 3. The summed E-state index contributed by atoms with van der Waals surface area (Å²) in [7, 11) is 0. The van der Waals surface area contributed by atoms with Crippen molar-refractivity contribution in [3.8, 4) is 0 Å². The van der Waals surface area contributed by atoms with Crippen molar-refractivity contribution >= 4 is 32.7 Å². The molecule has 2 aromatic rings. The highest BCUT2D eigenvalue weighted by Gasteiger charge is 2.30. The molecule has 0 aliphatic carbocycles. The molecule has 0 spiro atoms. The molecule has 4 heterocycles. The molecule has 0 radical (unpaired) electrons. The number of amides is 1. The van der Waals surface area contributed by atoms with E-state index in [0.717, 1.165) is 66.6 Å². The number of halogens is 1. The maximum Gasteiger partial charge on any atom is 0.253 e. The van der Waals surface area contributed by atoms with Gasteiger partial charge in [-0.2, -0.15) is 0 Å². The average Bonchev–Trinajstić information content (AvgIpc) is 3.00. The Morgan fingerprint density at radius 1 is 1.41 bits per heavy atom. The molecule has 2 aromatic heterocycles. The van der Waals surface area contributed by atoms with Crippen LogP contribution in [0.15, 0.2) is 23.1 Å². The Balaban J connectivity index is 1.49. The molecule has 1 amide bonds. The number of carbonyl (C=O) groups is 1. The molecule has 2 aliphatic rings. The fraction of sp³-hybridized carbons (Fsp3) is 0.600. The van der Waals surface area contributed by atoms with E-state index in [-0.39, 0.29) is 11.9 Å². The highest BCUT2D eigenvalue weighted by molar-refractivity contribution is 9.10.